The fourth-order valence-corrected chi connectivity index (χ4v) is 1.65. The van der Waals surface area contributed by atoms with Gasteiger partial charge in [0.1, 0.15) is 0 Å². The second kappa shape index (κ2) is 5.09. The molecule has 1 aliphatic heterocycles. The summed E-state index contributed by atoms with van der Waals surface area (Å²) >= 11 is 0. The molecule has 16 heavy (non-hydrogen) atoms. The minimum atomic E-state index is -0.573. The molecule has 1 fully saturated rings. The Morgan fingerprint density at radius 2 is 2.12 bits per heavy atom. The van der Waals surface area contributed by atoms with Gasteiger partial charge in [0, 0.05) is 0 Å². The van der Waals surface area contributed by atoms with Crippen LogP contribution in [-0.2, 0) is 20.7 Å². The first kappa shape index (κ1) is 11.1. The van der Waals surface area contributed by atoms with Gasteiger partial charge in [0.25, 0.3) is 0 Å². The third-order valence-corrected chi connectivity index (χ3v) is 2.52. The molecule has 4 nitrogen and oxygen atoms in total. The van der Waals surface area contributed by atoms with Crippen LogP contribution in [0.15, 0.2) is 30.3 Å². The van der Waals surface area contributed by atoms with E-state index in [0.29, 0.717) is 6.61 Å². The Bertz CT molecular complexity index is 353. The smallest absolute Gasteiger partial charge is 0.309 e. The zero-order valence-corrected chi connectivity index (χ0v) is 8.96. The maximum atomic E-state index is 10.9. The van der Waals surface area contributed by atoms with Crippen LogP contribution >= 0.6 is 0 Å². The molecular weight excluding hydrogens is 206 g/mol. The summed E-state index contributed by atoms with van der Waals surface area (Å²) in [6.45, 7) is 0.510. The van der Waals surface area contributed by atoms with E-state index in [1.807, 2.05) is 30.3 Å². The average Bonchev–Trinajstić information content (AvgIpc) is 2.59. The van der Waals surface area contributed by atoms with E-state index in [0.717, 1.165) is 6.42 Å². The Morgan fingerprint density at radius 1 is 1.38 bits per heavy atom. The summed E-state index contributed by atoms with van der Waals surface area (Å²) in [5.74, 6) is -0.280. The highest BCUT2D eigenvalue weighted by Gasteiger charge is 2.32. The van der Waals surface area contributed by atoms with E-state index >= 15 is 0 Å². The van der Waals surface area contributed by atoms with Gasteiger partial charge in [-0.2, -0.15) is 0 Å². The lowest BCUT2D eigenvalue weighted by Gasteiger charge is -2.14. The largest absolute Gasteiger partial charge is 0.434 e. The quantitative estimate of drug-likeness (QED) is 0.765. The zero-order valence-electron chi connectivity index (χ0n) is 8.96. The number of esters is 1. The van der Waals surface area contributed by atoms with E-state index in [4.69, 9.17) is 15.2 Å². The molecule has 1 aromatic rings. The fraction of sp³-hybridized carbons (Fsp3) is 0.417. The Labute approximate surface area is 94.3 Å². The normalized spacial score (nSPS) is 24.4. The second-order valence-corrected chi connectivity index (χ2v) is 3.83. The van der Waals surface area contributed by atoms with Crippen molar-refractivity contribution < 1.29 is 14.3 Å². The lowest BCUT2D eigenvalue weighted by molar-refractivity contribution is -0.163. The number of hydrogen-bond acceptors (Lipinski definition) is 4. The monoisotopic (exact) mass is 221 g/mol. The van der Waals surface area contributed by atoms with Crippen molar-refractivity contribution in [2.45, 2.75) is 25.2 Å². The summed E-state index contributed by atoms with van der Waals surface area (Å²) in [5, 5.41) is 0. The number of rotatable bonds is 4. The van der Waals surface area contributed by atoms with Gasteiger partial charge < -0.3 is 15.2 Å². The van der Waals surface area contributed by atoms with Gasteiger partial charge >= 0.3 is 5.97 Å². The Morgan fingerprint density at radius 3 is 2.75 bits per heavy atom. The first-order valence-electron chi connectivity index (χ1n) is 5.36. The molecule has 0 amide bonds. The molecule has 1 aromatic carbocycles. The second-order valence-electron chi connectivity index (χ2n) is 3.83. The molecule has 0 aliphatic carbocycles. The van der Waals surface area contributed by atoms with E-state index < -0.39 is 6.29 Å². The highest BCUT2D eigenvalue weighted by Crippen LogP contribution is 2.14. The molecule has 2 rings (SSSR count). The van der Waals surface area contributed by atoms with Gasteiger partial charge in [-0.25, -0.2) is 0 Å². The van der Waals surface area contributed by atoms with Crippen molar-refractivity contribution >= 4 is 5.97 Å². The molecule has 2 N–H and O–H groups in total. The van der Waals surface area contributed by atoms with Crippen LogP contribution in [0.5, 0.6) is 0 Å². The molecule has 2 atom stereocenters. The number of hydrogen-bond donors (Lipinski definition) is 1. The van der Waals surface area contributed by atoms with Crippen LogP contribution in [0.2, 0.25) is 0 Å². The van der Waals surface area contributed by atoms with Crippen LogP contribution in [0.1, 0.15) is 12.0 Å². The third kappa shape index (κ3) is 2.81. The molecule has 1 heterocycles. The predicted molar refractivity (Wildman–Crippen MR) is 58.6 cm³/mol. The summed E-state index contributed by atoms with van der Waals surface area (Å²) in [4.78, 5) is 10.9. The van der Waals surface area contributed by atoms with E-state index in [9.17, 15) is 4.79 Å². The van der Waals surface area contributed by atoms with Crippen molar-refractivity contribution in [3.8, 4) is 0 Å². The van der Waals surface area contributed by atoms with Crippen molar-refractivity contribution in [1.29, 1.82) is 0 Å². The zero-order chi connectivity index (χ0) is 11.4. The van der Waals surface area contributed by atoms with Gasteiger partial charge in [0.15, 0.2) is 0 Å². The van der Waals surface area contributed by atoms with Gasteiger partial charge in [-0.3, -0.25) is 4.79 Å². The summed E-state index contributed by atoms with van der Waals surface area (Å²) in [6, 6.07) is 9.67. The van der Waals surface area contributed by atoms with E-state index in [1.165, 1.54) is 5.56 Å². The van der Waals surface area contributed by atoms with Gasteiger partial charge in [0.05, 0.1) is 19.1 Å². The first-order chi connectivity index (χ1) is 7.75. The van der Waals surface area contributed by atoms with Crippen LogP contribution in [0, 0.1) is 0 Å². The molecule has 4 heteroatoms. The number of ether oxygens (including phenoxy) is 2. The minimum Gasteiger partial charge on any atom is -0.434 e. The third-order valence-electron chi connectivity index (χ3n) is 2.52. The molecule has 0 aromatic heterocycles. The SMILES string of the molecule is NC1CC(=O)OC1OCCc1ccccc1. The van der Waals surface area contributed by atoms with Crippen molar-refractivity contribution in [2.75, 3.05) is 6.61 Å². The average molecular weight is 221 g/mol. The number of carbonyl (C=O) groups is 1. The number of nitrogens with two attached hydrogens (primary N) is 1. The van der Waals surface area contributed by atoms with Crippen LogP contribution in [0.3, 0.4) is 0 Å². The molecule has 0 bridgehead atoms. The molecule has 2 unspecified atom stereocenters. The lowest BCUT2D eigenvalue weighted by Crippen LogP contribution is -2.32. The molecule has 0 spiro atoms. The summed E-state index contributed by atoms with van der Waals surface area (Å²) in [7, 11) is 0. The van der Waals surface area contributed by atoms with E-state index in [1.54, 1.807) is 0 Å². The first-order valence-corrected chi connectivity index (χ1v) is 5.36. The number of benzene rings is 1. The van der Waals surface area contributed by atoms with Gasteiger partial charge in [-0.15, -0.1) is 0 Å². The fourth-order valence-electron chi connectivity index (χ4n) is 1.65. The highest BCUT2D eigenvalue weighted by atomic mass is 16.7. The standard InChI is InChI=1S/C12H15NO3/c13-10-8-11(14)16-12(10)15-7-6-9-4-2-1-3-5-9/h1-5,10,12H,6-8,13H2. The topological polar surface area (TPSA) is 61.6 Å². The Hall–Kier alpha value is -1.39. The van der Waals surface area contributed by atoms with E-state index in [2.05, 4.69) is 0 Å². The summed E-state index contributed by atoms with van der Waals surface area (Å²) in [6.07, 6.45) is 0.466. The van der Waals surface area contributed by atoms with Crippen LogP contribution in [0.25, 0.3) is 0 Å². The summed E-state index contributed by atoms with van der Waals surface area (Å²) in [5.41, 5.74) is 6.87. The molecule has 86 valence electrons. The highest BCUT2D eigenvalue weighted by molar-refractivity contribution is 5.72. The Balaban J connectivity index is 1.74. The molecule has 0 radical (unpaired) electrons. The van der Waals surface area contributed by atoms with Gasteiger partial charge in [-0.05, 0) is 12.0 Å². The van der Waals surface area contributed by atoms with Crippen molar-refractivity contribution in [3.63, 3.8) is 0 Å². The molecular formula is C12H15NO3. The number of carbonyl (C=O) groups excluding carboxylic acids is 1. The van der Waals surface area contributed by atoms with Crippen molar-refractivity contribution in [1.82, 2.24) is 0 Å². The van der Waals surface area contributed by atoms with Crippen LogP contribution in [0.4, 0.5) is 0 Å². The van der Waals surface area contributed by atoms with Gasteiger partial charge in [0.2, 0.25) is 6.29 Å². The maximum absolute atomic E-state index is 10.9. The molecule has 1 saturated heterocycles. The van der Waals surface area contributed by atoms with Crippen LogP contribution in [-0.4, -0.2) is 24.9 Å². The number of cyclic esters (lactones) is 1. The van der Waals surface area contributed by atoms with E-state index in [-0.39, 0.29) is 18.4 Å². The maximum Gasteiger partial charge on any atom is 0.309 e. The van der Waals surface area contributed by atoms with Gasteiger partial charge in [-0.1, -0.05) is 30.3 Å². The predicted octanol–water partition coefficient (Wildman–Crippen LogP) is 0.846. The Kier molecular flexibility index (Phi) is 3.54. The summed E-state index contributed by atoms with van der Waals surface area (Å²) < 4.78 is 10.3. The van der Waals surface area contributed by atoms with Crippen LogP contribution < -0.4 is 5.73 Å². The molecule has 1 aliphatic rings. The minimum absolute atomic E-state index is 0.246. The van der Waals surface area contributed by atoms with Crippen molar-refractivity contribution in [2.24, 2.45) is 5.73 Å². The van der Waals surface area contributed by atoms with Crippen molar-refractivity contribution in [3.05, 3.63) is 35.9 Å². The lowest BCUT2D eigenvalue weighted by atomic mass is 10.2. The molecule has 0 saturated carbocycles.